The number of sulfonamides is 1. The van der Waals surface area contributed by atoms with Gasteiger partial charge in [-0.05, 0) is 62.1 Å². The maximum absolute atomic E-state index is 15.5. The van der Waals surface area contributed by atoms with Gasteiger partial charge in [0.1, 0.15) is 11.6 Å². The van der Waals surface area contributed by atoms with E-state index in [9.17, 15) is 18.5 Å². The number of halogens is 1. The SMILES string of the molecule is CCCS(=O)(=O)Nc1ccc(-c2c(N)c3ccc(Oc4ncccc4[N+](=O)O)cc3n2C2CCC2)c(F)c1. The molecule has 10 nitrogen and oxygen atoms in total. The third kappa shape index (κ3) is 4.74. The quantitative estimate of drug-likeness (QED) is 0.225. The monoisotopic (exact) mass is 540 g/mol. The molecular formula is C26H27FN5O5S+. The Balaban J connectivity index is 1.59. The van der Waals surface area contributed by atoms with Crippen LogP contribution in [0.15, 0.2) is 54.7 Å². The second-order valence-corrected chi connectivity index (χ2v) is 11.1. The van der Waals surface area contributed by atoms with Gasteiger partial charge in [0.15, 0.2) is 0 Å². The maximum Gasteiger partial charge on any atom is 0.378 e. The highest BCUT2D eigenvalue weighted by atomic mass is 32.2. The first kappa shape index (κ1) is 25.5. The van der Waals surface area contributed by atoms with Crippen LogP contribution < -0.4 is 15.2 Å². The van der Waals surface area contributed by atoms with Crippen molar-refractivity contribution in [2.75, 3.05) is 16.2 Å². The molecule has 0 saturated heterocycles. The summed E-state index contributed by atoms with van der Waals surface area (Å²) in [6, 6.07) is 12.3. The summed E-state index contributed by atoms with van der Waals surface area (Å²) in [5.41, 5.74) is 8.41. The summed E-state index contributed by atoms with van der Waals surface area (Å²) in [6.07, 6.45) is 4.67. The van der Waals surface area contributed by atoms with E-state index in [2.05, 4.69) is 9.71 Å². The fraction of sp³-hybridized carbons (Fsp3) is 0.269. The molecule has 38 heavy (non-hydrogen) atoms. The molecule has 0 bridgehead atoms. The van der Waals surface area contributed by atoms with Crippen LogP contribution in [0.1, 0.15) is 38.6 Å². The van der Waals surface area contributed by atoms with Gasteiger partial charge in [-0.25, -0.2) is 23.0 Å². The predicted octanol–water partition coefficient (Wildman–Crippen LogP) is 5.89. The molecule has 2 heterocycles. The molecule has 0 atom stereocenters. The molecule has 0 radical (unpaired) electrons. The average Bonchev–Trinajstić information content (AvgIpc) is 3.09. The van der Waals surface area contributed by atoms with Gasteiger partial charge in [0.25, 0.3) is 4.92 Å². The summed E-state index contributed by atoms with van der Waals surface area (Å²) in [4.78, 5) is 15.2. The standard InChI is InChI=1S/C26H27FN5O5S/c1-2-13-38(35,36)30-16-8-10-19(21(27)14-16)25-24(28)20-11-9-18(15-23(20)31(25)17-5-3-6-17)37-26-22(32(33)34)7-4-12-29-26/h4,7-12,14-15,17,30H,2-3,5-6,13,28H2,1H3,(H,33,34)/q+1. The van der Waals surface area contributed by atoms with E-state index in [0.717, 1.165) is 25.3 Å². The Bertz CT molecular complexity index is 1650. The molecule has 0 spiro atoms. The Hall–Kier alpha value is -4.19. The molecule has 1 fully saturated rings. The molecule has 4 aromatic rings. The van der Waals surface area contributed by atoms with Gasteiger partial charge in [-0.2, -0.15) is 0 Å². The fourth-order valence-corrected chi connectivity index (χ4v) is 5.79. The van der Waals surface area contributed by atoms with E-state index in [1.807, 2.05) is 4.57 Å². The first-order valence-electron chi connectivity index (χ1n) is 12.2. The van der Waals surface area contributed by atoms with Gasteiger partial charge in [0.2, 0.25) is 10.0 Å². The molecule has 2 aromatic carbocycles. The molecule has 0 aliphatic heterocycles. The molecule has 198 valence electrons. The van der Waals surface area contributed by atoms with Gasteiger partial charge >= 0.3 is 11.6 Å². The van der Waals surface area contributed by atoms with Gasteiger partial charge in [0, 0.05) is 35.3 Å². The van der Waals surface area contributed by atoms with Crippen LogP contribution >= 0.6 is 0 Å². The van der Waals surface area contributed by atoms with E-state index < -0.39 is 15.8 Å². The number of nitrogens with zero attached hydrogens (tertiary/aromatic N) is 3. The van der Waals surface area contributed by atoms with E-state index in [1.165, 1.54) is 30.5 Å². The lowest BCUT2D eigenvalue weighted by molar-refractivity contribution is -0.730. The van der Waals surface area contributed by atoms with Gasteiger partial charge in [0.05, 0.1) is 33.2 Å². The highest BCUT2D eigenvalue weighted by molar-refractivity contribution is 7.92. The van der Waals surface area contributed by atoms with Crippen LogP contribution in [0.2, 0.25) is 0 Å². The van der Waals surface area contributed by atoms with Crippen molar-refractivity contribution in [3.05, 3.63) is 65.5 Å². The van der Waals surface area contributed by atoms with E-state index in [-0.39, 0.29) is 39.5 Å². The van der Waals surface area contributed by atoms with Crippen LogP contribution in [0, 0.1) is 10.7 Å². The molecule has 1 aliphatic rings. The van der Waals surface area contributed by atoms with Crippen LogP contribution in [0.3, 0.4) is 0 Å². The van der Waals surface area contributed by atoms with Crippen molar-refractivity contribution >= 4 is 38.0 Å². The molecule has 1 saturated carbocycles. The van der Waals surface area contributed by atoms with Gasteiger partial charge in [-0.3, -0.25) is 4.72 Å². The average molecular weight is 541 g/mol. The number of hydrogen-bond acceptors (Lipinski definition) is 6. The van der Waals surface area contributed by atoms with Crippen molar-refractivity contribution in [1.29, 1.82) is 0 Å². The third-order valence-electron chi connectivity index (χ3n) is 6.60. The van der Waals surface area contributed by atoms with E-state index >= 15 is 4.39 Å². The summed E-state index contributed by atoms with van der Waals surface area (Å²) in [5.74, 6) is -0.393. The Labute approximate surface area is 218 Å². The van der Waals surface area contributed by atoms with Crippen molar-refractivity contribution < 1.29 is 27.7 Å². The van der Waals surface area contributed by atoms with Crippen LogP contribution in [0.25, 0.3) is 22.2 Å². The normalized spacial score (nSPS) is 13.8. The Morgan fingerprint density at radius 2 is 2.03 bits per heavy atom. The molecular weight excluding hydrogens is 513 g/mol. The number of ether oxygens (including phenoxy) is 1. The van der Waals surface area contributed by atoms with E-state index in [1.54, 1.807) is 25.1 Å². The smallest absolute Gasteiger partial charge is 0.378 e. The number of fused-ring (bicyclic) bond motifs is 1. The fourth-order valence-electron chi connectivity index (χ4n) is 4.67. The summed E-state index contributed by atoms with van der Waals surface area (Å²) in [5, 5.41) is 10.1. The zero-order valence-corrected chi connectivity index (χ0v) is 21.4. The van der Waals surface area contributed by atoms with E-state index in [4.69, 9.17) is 10.5 Å². The van der Waals surface area contributed by atoms with Crippen LogP contribution in [-0.2, 0) is 10.0 Å². The maximum atomic E-state index is 15.5. The minimum absolute atomic E-state index is 0.0607. The van der Waals surface area contributed by atoms with E-state index in [0.29, 0.717) is 34.5 Å². The highest BCUT2D eigenvalue weighted by Crippen LogP contribution is 2.46. The Morgan fingerprint density at radius 3 is 2.68 bits per heavy atom. The number of nitrogens with two attached hydrogens (primary N) is 1. The van der Waals surface area contributed by atoms with Crippen LogP contribution in [0.5, 0.6) is 11.6 Å². The number of hydrogen-bond donors (Lipinski definition) is 3. The lowest BCUT2D eigenvalue weighted by Crippen LogP contribution is -2.18. The van der Waals surface area contributed by atoms with Crippen molar-refractivity contribution in [3.8, 4) is 22.9 Å². The van der Waals surface area contributed by atoms with Crippen molar-refractivity contribution in [2.45, 2.75) is 38.6 Å². The minimum atomic E-state index is -3.57. The molecule has 1 aliphatic carbocycles. The number of rotatable bonds is 9. The zero-order valence-electron chi connectivity index (χ0n) is 20.6. The molecule has 2 aromatic heterocycles. The summed E-state index contributed by atoms with van der Waals surface area (Å²) in [6.45, 7) is 1.75. The number of pyridine rings is 1. The summed E-state index contributed by atoms with van der Waals surface area (Å²) < 4.78 is 50.0. The first-order valence-corrected chi connectivity index (χ1v) is 13.9. The second-order valence-electron chi connectivity index (χ2n) is 9.21. The lowest BCUT2D eigenvalue weighted by atomic mass is 9.92. The van der Waals surface area contributed by atoms with Gasteiger partial charge in [-0.15, -0.1) is 0 Å². The highest BCUT2D eigenvalue weighted by Gasteiger charge is 2.29. The molecule has 0 amide bonds. The zero-order chi connectivity index (χ0) is 27.0. The second kappa shape index (κ2) is 9.93. The Morgan fingerprint density at radius 1 is 1.24 bits per heavy atom. The number of nitrogens with one attached hydrogen (secondary N) is 1. The van der Waals surface area contributed by atoms with Crippen LogP contribution in [-0.4, -0.2) is 33.9 Å². The molecule has 12 heteroatoms. The number of anilines is 2. The van der Waals surface area contributed by atoms with Crippen molar-refractivity contribution in [1.82, 2.24) is 9.55 Å². The van der Waals surface area contributed by atoms with Gasteiger partial charge < -0.3 is 15.0 Å². The first-order chi connectivity index (χ1) is 18.2. The largest absolute Gasteiger partial charge is 0.433 e. The third-order valence-corrected chi connectivity index (χ3v) is 8.09. The molecule has 4 N–H and O–H groups in total. The Kier molecular flexibility index (Phi) is 6.66. The summed E-state index contributed by atoms with van der Waals surface area (Å²) >= 11 is 0. The topological polar surface area (TPSA) is 140 Å². The molecule has 0 unspecified atom stereocenters. The number of benzene rings is 2. The van der Waals surface area contributed by atoms with Crippen molar-refractivity contribution in [2.24, 2.45) is 0 Å². The number of aromatic nitrogens is 2. The van der Waals surface area contributed by atoms with Crippen LogP contribution in [0.4, 0.5) is 21.5 Å². The minimum Gasteiger partial charge on any atom is -0.433 e. The predicted molar refractivity (Wildman–Crippen MR) is 142 cm³/mol. The molecule has 5 rings (SSSR count). The lowest BCUT2D eigenvalue weighted by Gasteiger charge is -2.30. The van der Waals surface area contributed by atoms with Crippen molar-refractivity contribution in [3.63, 3.8) is 0 Å². The van der Waals surface area contributed by atoms with Gasteiger partial charge in [-0.1, -0.05) is 6.92 Å². The summed E-state index contributed by atoms with van der Waals surface area (Å²) in [7, 11) is -3.57. The number of nitrogen functional groups attached to an aromatic ring is 1.